The molecule has 1 aromatic heterocycles. The number of hydrogen-bond acceptors (Lipinski definition) is 3. The van der Waals surface area contributed by atoms with Crippen LogP contribution in [0.15, 0.2) is 30.6 Å². The number of anilines is 1. The minimum absolute atomic E-state index is 0.104. The largest absolute Gasteiger partial charge is 0.322 e. The third-order valence-electron chi connectivity index (χ3n) is 5.36. The third kappa shape index (κ3) is 3.08. The third-order valence-corrected chi connectivity index (χ3v) is 5.36. The number of rotatable bonds is 3. The number of aromatic nitrogens is 2. The lowest BCUT2D eigenvalue weighted by Crippen LogP contribution is -2.41. The Morgan fingerprint density at radius 2 is 2.00 bits per heavy atom. The lowest BCUT2D eigenvalue weighted by Gasteiger charge is -2.36. The monoisotopic (exact) mass is 324 g/mol. The smallest absolute Gasteiger partial charge is 0.258 e. The second-order valence-electron chi connectivity index (χ2n) is 6.96. The van der Waals surface area contributed by atoms with Gasteiger partial charge in [0.1, 0.15) is 0 Å². The predicted octanol–water partition coefficient (Wildman–Crippen LogP) is 2.63. The summed E-state index contributed by atoms with van der Waals surface area (Å²) in [5, 5.41) is 7.04. The van der Waals surface area contributed by atoms with Gasteiger partial charge in [0.05, 0.1) is 11.8 Å². The van der Waals surface area contributed by atoms with Crippen molar-refractivity contribution < 1.29 is 4.79 Å². The van der Waals surface area contributed by atoms with Gasteiger partial charge in [0.2, 0.25) is 0 Å². The number of benzene rings is 1. The minimum Gasteiger partial charge on any atom is -0.322 e. The Labute approximate surface area is 142 Å². The molecule has 126 valence electrons. The van der Waals surface area contributed by atoms with Crippen LogP contribution in [0.5, 0.6) is 0 Å². The summed E-state index contributed by atoms with van der Waals surface area (Å²) in [5.74, 6) is -0.104. The van der Waals surface area contributed by atoms with Gasteiger partial charge in [-0.2, -0.15) is 5.10 Å². The van der Waals surface area contributed by atoms with Gasteiger partial charge in [-0.3, -0.25) is 14.4 Å². The maximum atomic E-state index is 12.3. The van der Waals surface area contributed by atoms with Crippen LogP contribution in [-0.2, 0) is 19.9 Å². The zero-order valence-electron chi connectivity index (χ0n) is 14.2. The fourth-order valence-corrected chi connectivity index (χ4v) is 3.68. The summed E-state index contributed by atoms with van der Waals surface area (Å²) < 4.78 is 1.64. The van der Waals surface area contributed by atoms with Crippen molar-refractivity contribution in [3.8, 4) is 0 Å². The second kappa shape index (κ2) is 6.40. The highest BCUT2D eigenvalue weighted by Crippen LogP contribution is 2.28. The normalized spacial score (nSPS) is 18.5. The van der Waals surface area contributed by atoms with Crippen molar-refractivity contribution in [2.75, 3.05) is 18.4 Å². The van der Waals surface area contributed by atoms with E-state index in [1.165, 1.54) is 36.9 Å². The average Bonchev–Trinajstić information content (AvgIpc) is 2.85. The Kier molecular flexibility index (Phi) is 4.10. The molecule has 5 nitrogen and oxygen atoms in total. The molecule has 1 amide bonds. The molecular weight excluding hydrogens is 300 g/mol. The number of carbonyl (C=O) groups is 1. The highest BCUT2D eigenvalue weighted by Gasteiger charge is 2.26. The van der Waals surface area contributed by atoms with Gasteiger partial charge in [0.25, 0.3) is 5.91 Å². The Hall–Kier alpha value is -2.14. The molecule has 2 aromatic rings. The van der Waals surface area contributed by atoms with Gasteiger partial charge in [-0.1, -0.05) is 12.5 Å². The van der Waals surface area contributed by atoms with Crippen molar-refractivity contribution in [3.05, 3.63) is 47.3 Å². The first-order valence-electron chi connectivity index (χ1n) is 8.85. The van der Waals surface area contributed by atoms with E-state index in [1.54, 1.807) is 17.1 Å². The molecule has 0 atom stereocenters. The van der Waals surface area contributed by atoms with E-state index in [0.29, 0.717) is 5.56 Å². The lowest BCUT2D eigenvalue weighted by molar-refractivity contribution is 0.102. The zero-order chi connectivity index (χ0) is 16.5. The molecule has 1 aliphatic carbocycles. The number of amides is 1. The first-order valence-corrected chi connectivity index (χ1v) is 8.85. The molecule has 1 N–H and O–H groups in total. The van der Waals surface area contributed by atoms with Crippen molar-refractivity contribution in [3.63, 3.8) is 0 Å². The topological polar surface area (TPSA) is 50.2 Å². The number of fused-ring (bicyclic) bond motifs is 1. The van der Waals surface area contributed by atoms with Crippen LogP contribution >= 0.6 is 0 Å². The molecule has 1 saturated carbocycles. The first kappa shape index (κ1) is 15.4. The van der Waals surface area contributed by atoms with Crippen molar-refractivity contribution >= 4 is 11.6 Å². The van der Waals surface area contributed by atoms with Crippen LogP contribution in [-0.4, -0.2) is 39.7 Å². The molecule has 5 heteroatoms. The summed E-state index contributed by atoms with van der Waals surface area (Å²) in [5.41, 5.74) is 4.26. The van der Waals surface area contributed by atoms with Crippen LogP contribution in [0.1, 0.15) is 40.7 Å². The molecule has 0 radical (unpaired) electrons. The molecule has 1 aromatic carbocycles. The van der Waals surface area contributed by atoms with Gasteiger partial charge in [-0.15, -0.1) is 0 Å². The summed E-state index contributed by atoms with van der Waals surface area (Å²) in [6.07, 6.45) is 9.62. The van der Waals surface area contributed by atoms with Gasteiger partial charge in [-0.05, 0) is 48.9 Å². The highest BCUT2D eigenvalue weighted by atomic mass is 16.1. The van der Waals surface area contributed by atoms with Crippen LogP contribution in [0, 0.1) is 0 Å². The maximum Gasteiger partial charge on any atom is 0.258 e. The molecule has 24 heavy (non-hydrogen) atoms. The number of nitrogens with one attached hydrogen (secondary N) is 1. The van der Waals surface area contributed by atoms with Crippen LogP contribution in [0.3, 0.4) is 0 Å². The summed E-state index contributed by atoms with van der Waals surface area (Å²) >= 11 is 0. The van der Waals surface area contributed by atoms with E-state index in [-0.39, 0.29) is 5.91 Å². The van der Waals surface area contributed by atoms with E-state index in [1.807, 2.05) is 13.1 Å². The van der Waals surface area contributed by atoms with Crippen molar-refractivity contribution in [2.45, 2.75) is 38.1 Å². The highest BCUT2D eigenvalue weighted by molar-refractivity contribution is 6.03. The summed E-state index contributed by atoms with van der Waals surface area (Å²) in [4.78, 5) is 14.9. The summed E-state index contributed by atoms with van der Waals surface area (Å²) in [7, 11) is 1.81. The van der Waals surface area contributed by atoms with E-state index < -0.39 is 0 Å². The molecule has 1 aliphatic heterocycles. The molecule has 0 spiro atoms. The molecule has 0 saturated heterocycles. The minimum atomic E-state index is -0.104. The van der Waals surface area contributed by atoms with Gasteiger partial charge in [0, 0.05) is 38.1 Å². The van der Waals surface area contributed by atoms with Crippen LogP contribution in [0.25, 0.3) is 0 Å². The second-order valence-corrected chi connectivity index (χ2v) is 6.96. The van der Waals surface area contributed by atoms with Crippen molar-refractivity contribution in [1.29, 1.82) is 0 Å². The predicted molar refractivity (Wildman–Crippen MR) is 94.2 cm³/mol. The number of hydrogen-bond donors (Lipinski definition) is 1. The number of nitrogens with zero attached hydrogens (tertiary/aromatic N) is 3. The molecule has 2 heterocycles. The van der Waals surface area contributed by atoms with Crippen molar-refractivity contribution in [1.82, 2.24) is 14.7 Å². The fraction of sp³-hybridized carbons (Fsp3) is 0.474. The van der Waals surface area contributed by atoms with Gasteiger partial charge < -0.3 is 5.32 Å². The first-order chi connectivity index (χ1) is 11.7. The Morgan fingerprint density at radius 1 is 1.21 bits per heavy atom. The maximum absolute atomic E-state index is 12.3. The van der Waals surface area contributed by atoms with Gasteiger partial charge in [0.15, 0.2) is 0 Å². The summed E-state index contributed by atoms with van der Waals surface area (Å²) in [6.45, 7) is 2.30. The van der Waals surface area contributed by atoms with E-state index in [9.17, 15) is 4.79 Å². The van der Waals surface area contributed by atoms with Crippen LogP contribution < -0.4 is 5.32 Å². The Morgan fingerprint density at radius 3 is 2.67 bits per heavy atom. The summed E-state index contributed by atoms with van der Waals surface area (Å²) in [6, 6.07) is 7.16. The molecule has 1 fully saturated rings. The molecule has 2 aliphatic rings. The molecular formula is C19H24N4O. The lowest BCUT2D eigenvalue weighted by atomic mass is 9.91. The number of aryl methyl sites for hydroxylation is 1. The molecule has 0 unspecified atom stereocenters. The van der Waals surface area contributed by atoms with Crippen LogP contribution in [0.2, 0.25) is 0 Å². The standard InChI is InChI=1S/C19H24N4O/c1-22-13-16(12-20-22)19(24)21-17-6-5-14-7-9-23(18-3-2-4-18)10-8-15(14)11-17/h5-6,11-13,18H,2-4,7-10H2,1H3,(H,21,24). The van der Waals surface area contributed by atoms with Crippen molar-refractivity contribution in [2.24, 2.45) is 7.05 Å². The Bertz CT molecular complexity index is 748. The molecule has 0 bridgehead atoms. The zero-order valence-corrected chi connectivity index (χ0v) is 14.2. The van der Waals surface area contributed by atoms with E-state index in [4.69, 9.17) is 0 Å². The van der Waals surface area contributed by atoms with E-state index in [2.05, 4.69) is 27.4 Å². The fourth-order valence-electron chi connectivity index (χ4n) is 3.68. The number of carbonyl (C=O) groups excluding carboxylic acids is 1. The molecule has 4 rings (SSSR count). The SMILES string of the molecule is Cn1cc(C(=O)Nc2ccc3c(c2)CCN(C2CCC2)CC3)cn1. The van der Waals surface area contributed by atoms with E-state index >= 15 is 0 Å². The van der Waals surface area contributed by atoms with Gasteiger partial charge in [-0.25, -0.2) is 0 Å². The van der Waals surface area contributed by atoms with Crippen LogP contribution in [0.4, 0.5) is 5.69 Å². The van der Waals surface area contributed by atoms with E-state index in [0.717, 1.165) is 31.1 Å². The quantitative estimate of drug-likeness (QED) is 0.944. The van der Waals surface area contributed by atoms with Gasteiger partial charge >= 0.3 is 0 Å². The Balaban J connectivity index is 1.46. The average molecular weight is 324 g/mol.